The third kappa shape index (κ3) is 3.48. The van der Waals surface area contributed by atoms with Gasteiger partial charge < -0.3 is 5.32 Å². The Bertz CT molecular complexity index is 995. The van der Waals surface area contributed by atoms with Crippen molar-refractivity contribution in [3.63, 3.8) is 0 Å². The van der Waals surface area contributed by atoms with Gasteiger partial charge in [0.25, 0.3) is 0 Å². The van der Waals surface area contributed by atoms with Gasteiger partial charge in [-0.05, 0) is 30.7 Å². The lowest BCUT2D eigenvalue weighted by molar-refractivity contribution is 1.03. The molecule has 0 spiro atoms. The lowest BCUT2D eigenvalue weighted by Gasteiger charge is -2.08. The molecule has 3 aromatic carbocycles. The van der Waals surface area contributed by atoms with Crippen LogP contribution < -0.4 is 5.32 Å². The van der Waals surface area contributed by atoms with E-state index in [4.69, 9.17) is 0 Å². The summed E-state index contributed by atoms with van der Waals surface area (Å²) in [7, 11) is 0. The number of rotatable bonds is 4. The van der Waals surface area contributed by atoms with E-state index in [1.165, 1.54) is 11.1 Å². The Labute approximate surface area is 146 Å². The van der Waals surface area contributed by atoms with Crippen molar-refractivity contribution in [3.8, 4) is 11.4 Å². The maximum atomic E-state index is 4.66. The molecular formula is C21H18N4. The van der Waals surface area contributed by atoms with E-state index in [2.05, 4.69) is 51.7 Å². The van der Waals surface area contributed by atoms with E-state index in [-0.39, 0.29) is 0 Å². The first-order chi connectivity index (χ1) is 12.3. The summed E-state index contributed by atoms with van der Waals surface area (Å²) < 4.78 is 0. The van der Waals surface area contributed by atoms with Crippen molar-refractivity contribution in [2.45, 2.75) is 13.5 Å². The number of fused-ring (bicyclic) bond motifs is 1. The van der Waals surface area contributed by atoms with Crippen molar-refractivity contribution in [2.75, 3.05) is 5.32 Å². The van der Waals surface area contributed by atoms with Crippen molar-refractivity contribution in [3.05, 3.63) is 83.9 Å². The molecule has 0 atom stereocenters. The predicted octanol–water partition coefficient (Wildman–Crippen LogP) is 4.61. The maximum absolute atomic E-state index is 4.66. The van der Waals surface area contributed by atoms with Crippen molar-refractivity contribution in [2.24, 2.45) is 0 Å². The van der Waals surface area contributed by atoms with E-state index in [1.54, 1.807) is 0 Å². The van der Waals surface area contributed by atoms with Gasteiger partial charge in [-0.3, -0.25) is 0 Å². The van der Waals surface area contributed by atoms with Gasteiger partial charge in [0.2, 0.25) is 0 Å². The van der Waals surface area contributed by atoms with E-state index in [1.807, 2.05) is 48.5 Å². The standard InChI is InChI=1S/C21H18N4/c1-15-7-9-16(10-8-15)14-22-18-11-12-19-20(13-18)23-21(25-24-19)17-5-3-2-4-6-17/h2-13,22H,14H2,1H3. The third-order valence-electron chi connectivity index (χ3n) is 4.10. The molecule has 0 aliphatic heterocycles. The van der Waals surface area contributed by atoms with Gasteiger partial charge in [-0.2, -0.15) is 0 Å². The second-order valence-corrected chi connectivity index (χ2v) is 6.04. The van der Waals surface area contributed by atoms with Gasteiger partial charge in [-0.25, -0.2) is 4.98 Å². The molecule has 4 rings (SSSR count). The first-order valence-electron chi connectivity index (χ1n) is 8.27. The highest BCUT2D eigenvalue weighted by molar-refractivity contribution is 5.79. The topological polar surface area (TPSA) is 50.7 Å². The molecule has 0 radical (unpaired) electrons. The molecule has 0 bridgehead atoms. The molecule has 122 valence electrons. The summed E-state index contributed by atoms with van der Waals surface area (Å²) in [6, 6.07) is 24.4. The SMILES string of the molecule is Cc1ccc(CNc2ccc3nnc(-c4ccccc4)nc3c2)cc1. The Morgan fingerprint density at radius 1 is 0.800 bits per heavy atom. The molecule has 0 aliphatic rings. The van der Waals surface area contributed by atoms with Crippen LogP contribution in [0.5, 0.6) is 0 Å². The van der Waals surface area contributed by atoms with Crippen LogP contribution in [0, 0.1) is 6.92 Å². The average molecular weight is 326 g/mol. The first kappa shape index (κ1) is 15.3. The number of anilines is 1. The monoisotopic (exact) mass is 326 g/mol. The molecule has 0 aliphatic carbocycles. The highest BCUT2D eigenvalue weighted by atomic mass is 15.1. The summed E-state index contributed by atoms with van der Waals surface area (Å²) in [5, 5.41) is 12.0. The first-order valence-corrected chi connectivity index (χ1v) is 8.27. The van der Waals surface area contributed by atoms with Gasteiger partial charge in [0.15, 0.2) is 5.82 Å². The van der Waals surface area contributed by atoms with E-state index in [0.29, 0.717) is 5.82 Å². The highest BCUT2D eigenvalue weighted by Gasteiger charge is 2.05. The number of hydrogen-bond acceptors (Lipinski definition) is 4. The Balaban J connectivity index is 1.59. The number of nitrogens with zero attached hydrogens (tertiary/aromatic N) is 3. The Morgan fingerprint density at radius 2 is 1.60 bits per heavy atom. The fourth-order valence-corrected chi connectivity index (χ4v) is 2.66. The number of hydrogen-bond donors (Lipinski definition) is 1. The molecule has 0 amide bonds. The average Bonchev–Trinajstić information content (AvgIpc) is 2.67. The summed E-state index contributed by atoms with van der Waals surface area (Å²) in [6.07, 6.45) is 0. The molecule has 4 heteroatoms. The smallest absolute Gasteiger partial charge is 0.182 e. The molecule has 25 heavy (non-hydrogen) atoms. The van der Waals surface area contributed by atoms with Gasteiger partial charge >= 0.3 is 0 Å². The van der Waals surface area contributed by atoms with E-state index < -0.39 is 0 Å². The van der Waals surface area contributed by atoms with Crippen molar-refractivity contribution in [1.29, 1.82) is 0 Å². The van der Waals surface area contributed by atoms with Crippen molar-refractivity contribution < 1.29 is 0 Å². The molecule has 1 heterocycles. The van der Waals surface area contributed by atoms with Gasteiger partial charge in [0, 0.05) is 17.8 Å². The summed E-state index contributed by atoms with van der Waals surface area (Å²) in [6.45, 7) is 2.87. The minimum absolute atomic E-state index is 0.642. The minimum Gasteiger partial charge on any atom is -0.381 e. The molecule has 1 N–H and O–H groups in total. The van der Waals surface area contributed by atoms with E-state index in [0.717, 1.165) is 28.8 Å². The zero-order valence-electron chi connectivity index (χ0n) is 14.0. The third-order valence-corrected chi connectivity index (χ3v) is 4.10. The lowest BCUT2D eigenvalue weighted by atomic mass is 10.1. The molecule has 4 nitrogen and oxygen atoms in total. The quantitative estimate of drug-likeness (QED) is 0.595. The Morgan fingerprint density at radius 3 is 2.40 bits per heavy atom. The summed E-state index contributed by atoms with van der Waals surface area (Å²) >= 11 is 0. The fraction of sp³-hybridized carbons (Fsp3) is 0.0952. The van der Waals surface area contributed by atoms with Gasteiger partial charge in [-0.1, -0.05) is 60.2 Å². The Hall–Kier alpha value is -3.27. The largest absolute Gasteiger partial charge is 0.381 e. The van der Waals surface area contributed by atoms with Crippen molar-refractivity contribution >= 4 is 16.7 Å². The fourth-order valence-electron chi connectivity index (χ4n) is 2.66. The number of aryl methyl sites for hydroxylation is 1. The maximum Gasteiger partial charge on any atom is 0.182 e. The second kappa shape index (κ2) is 6.69. The van der Waals surface area contributed by atoms with Crippen LogP contribution >= 0.6 is 0 Å². The van der Waals surface area contributed by atoms with Gasteiger partial charge in [-0.15, -0.1) is 10.2 Å². The van der Waals surface area contributed by atoms with Crippen LogP contribution in [-0.4, -0.2) is 15.2 Å². The summed E-state index contributed by atoms with van der Waals surface area (Å²) in [5.41, 5.74) is 6.13. The second-order valence-electron chi connectivity index (χ2n) is 6.04. The number of benzene rings is 3. The molecule has 4 aromatic rings. The van der Waals surface area contributed by atoms with E-state index in [9.17, 15) is 0 Å². The summed E-state index contributed by atoms with van der Waals surface area (Å²) in [5.74, 6) is 0.642. The molecule has 1 aromatic heterocycles. The van der Waals surface area contributed by atoms with Crippen LogP contribution in [0.15, 0.2) is 72.8 Å². The molecule has 0 saturated heterocycles. The van der Waals surface area contributed by atoms with Crippen LogP contribution in [0.2, 0.25) is 0 Å². The zero-order valence-corrected chi connectivity index (χ0v) is 14.0. The van der Waals surface area contributed by atoms with Crippen LogP contribution in [0.1, 0.15) is 11.1 Å². The molecule has 0 unspecified atom stereocenters. The van der Waals surface area contributed by atoms with Gasteiger partial charge in [0.05, 0.1) is 5.52 Å². The number of aromatic nitrogens is 3. The minimum atomic E-state index is 0.642. The Kier molecular flexibility index (Phi) is 4.09. The van der Waals surface area contributed by atoms with E-state index >= 15 is 0 Å². The van der Waals surface area contributed by atoms with Crippen LogP contribution in [0.4, 0.5) is 5.69 Å². The normalized spacial score (nSPS) is 10.8. The zero-order chi connectivity index (χ0) is 17.1. The van der Waals surface area contributed by atoms with Gasteiger partial charge in [0.1, 0.15) is 5.52 Å². The molecule has 0 fully saturated rings. The molecular weight excluding hydrogens is 308 g/mol. The van der Waals surface area contributed by atoms with Crippen LogP contribution in [0.3, 0.4) is 0 Å². The van der Waals surface area contributed by atoms with Crippen LogP contribution in [-0.2, 0) is 6.54 Å². The highest BCUT2D eigenvalue weighted by Crippen LogP contribution is 2.20. The summed E-state index contributed by atoms with van der Waals surface area (Å²) in [4.78, 5) is 4.66. The number of nitrogens with one attached hydrogen (secondary N) is 1. The predicted molar refractivity (Wildman–Crippen MR) is 101 cm³/mol. The van der Waals surface area contributed by atoms with Crippen molar-refractivity contribution in [1.82, 2.24) is 15.2 Å². The van der Waals surface area contributed by atoms with Crippen LogP contribution in [0.25, 0.3) is 22.4 Å². The lowest BCUT2D eigenvalue weighted by Crippen LogP contribution is -2.00. The molecule has 0 saturated carbocycles.